The molecule has 0 bridgehead atoms. The molecule has 0 saturated carbocycles. The first kappa shape index (κ1) is 15.0. The van der Waals surface area contributed by atoms with Crippen molar-refractivity contribution in [3.05, 3.63) is 63.4 Å². The first-order valence-corrected chi connectivity index (χ1v) is 6.90. The van der Waals surface area contributed by atoms with Crippen LogP contribution in [0.5, 0.6) is 5.75 Å². The number of imidazole rings is 1. The van der Waals surface area contributed by atoms with Gasteiger partial charge in [0, 0.05) is 19.2 Å². The van der Waals surface area contributed by atoms with Gasteiger partial charge in [-0.25, -0.2) is 9.78 Å². The van der Waals surface area contributed by atoms with Crippen molar-refractivity contribution in [2.75, 3.05) is 0 Å². The topological polar surface area (TPSA) is 87.3 Å². The first-order valence-electron chi connectivity index (χ1n) is 6.53. The van der Waals surface area contributed by atoms with Crippen LogP contribution >= 0.6 is 11.6 Å². The number of carbonyl (C=O) groups is 1. The fraction of sp³-hybridized carbons (Fsp3) is 0.0667. The molecule has 116 valence electrons. The molecule has 8 heteroatoms. The maximum Gasteiger partial charge on any atom is 0.343 e. The zero-order valence-electron chi connectivity index (χ0n) is 11.9. The SMILES string of the molecule is Cn1cnc2cc(OC(=O)c3ccc(Cl)c([N+](=O)[O-])c3)ccc21. The van der Waals surface area contributed by atoms with Gasteiger partial charge < -0.3 is 9.30 Å². The second-order valence-corrected chi connectivity index (χ2v) is 5.23. The number of hydrogen-bond acceptors (Lipinski definition) is 5. The highest BCUT2D eigenvalue weighted by molar-refractivity contribution is 6.32. The maximum atomic E-state index is 12.1. The summed E-state index contributed by atoms with van der Waals surface area (Å²) in [5.41, 5.74) is 1.27. The van der Waals surface area contributed by atoms with Gasteiger partial charge >= 0.3 is 5.97 Å². The Balaban J connectivity index is 1.88. The molecule has 0 aliphatic heterocycles. The largest absolute Gasteiger partial charge is 0.423 e. The zero-order chi connectivity index (χ0) is 16.6. The number of nitrogens with zero attached hydrogens (tertiary/aromatic N) is 3. The Morgan fingerprint density at radius 3 is 2.83 bits per heavy atom. The molecule has 7 nitrogen and oxygen atoms in total. The molecule has 0 unspecified atom stereocenters. The Kier molecular flexibility index (Phi) is 3.71. The van der Waals surface area contributed by atoms with E-state index in [-0.39, 0.29) is 16.3 Å². The van der Waals surface area contributed by atoms with E-state index >= 15 is 0 Å². The number of hydrogen-bond donors (Lipinski definition) is 0. The minimum absolute atomic E-state index is 0.0403. The lowest BCUT2D eigenvalue weighted by atomic mass is 10.2. The van der Waals surface area contributed by atoms with Crippen molar-refractivity contribution in [3.63, 3.8) is 0 Å². The molecule has 3 rings (SSSR count). The highest BCUT2D eigenvalue weighted by atomic mass is 35.5. The van der Waals surface area contributed by atoms with Crippen LogP contribution in [0.4, 0.5) is 5.69 Å². The van der Waals surface area contributed by atoms with Crippen molar-refractivity contribution in [3.8, 4) is 5.75 Å². The quantitative estimate of drug-likeness (QED) is 0.318. The molecule has 1 heterocycles. The number of nitro benzene ring substituents is 1. The number of halogens is 1. The third-order valence-electron chi connectivity index (χ3n) is 3.29. The lowest BCUT2D eigenvalue weighted by molar-refractivity contribution is -0.384. The van der Waals surface area contributed by atoms with Gasteiger partial charge in [-0.05, 0) is 24.3 Å². The number of ether oxygens (including phenoxy) is 1. The van der Waals surface area contributed by atoms with Crippen LogP contribution in [0.3, 0.4) is 0 Å². The number of aryl methyl sites for hydroxylation is 1. The fourth-order valence-electron chi connectivity index (χ4n) is 2.12. The van der Waals surface area contributed by atoms with Crippen molar-refractivity contribution in [1.29, 1.82) is 0 Å². The molecule has 1 aromatic heterocycles. The molecule has 0 atom stereocenters. The van der Waals surface area contributed by atoms with Crippen LogP contribution in [0.25, 0.3) is 11.0 Å². The molecule has 0 N–H and O–H groups in total. The first-order chi connectivity index (χ1) is 11.0. The van der Waals surface area contributed by atoms with Crippen molar-refractivity contribution in [2.24, 2.45) is 7.05 Å². The highest BCUT2D eigenvalue weighted by Gasteiger charge is 2.17. The monoisotopic (exact) mass is 331 g/mol. The molecular weight excluding hydrogens is 322 g/mol. The van der Waals surface area contributed by atoms with Gasteiger partial charge in [0.25, 0.3) is 5.69 Å². The molecule has 3 aromatic rings. The standard InChI is InChI=1S/C15H10ClN3O4/c1-18-8-17-12-7-10(3-5-13(12)18)23-15(20)9-2-4-11(16)14(6-9)19(21)22/h2-8H,1H3. The molecule has 0 radical (unpaired) electrons. The molecule has 23 heavy (non-hydrogen) atoms. The second-order valence-electron chi connectivity index (χ2n) is 4.82. The summed E-state index contributed by atoms with van der Waals surface area (Å²) in [5, 5.41) is 10.8. The minimum atomic E-state index is -0.708. The number of aromatic nitrogens is 2. The normalized spacial score (nSPS) is 10.7. The van der Waals surface area contributed by atoms with E-state index in [0.29, 0.717) is 11.3 Å². The van der Waals surface area contributed by atoms with E-state index in [0.717, 1.165) is 11.6 Å². The van der Waals surface area contributed by atoms with Gasteiger partial charge in [-0.15, -0.1) is 0 Å². The van der Waals surface area contributed by atoms with Crippen LogP contribution < -0.4 is 4.74 Å². The Labute approximate surface area is 135 Å². The van der Waals surface area contributed by atoms with E-state index in [1.807, 2.05) is 11.6 Å². The van der Waals surface area contributed by atoms with E-state index in [4.69, 9.17) is 16.3 Å². The van der Waals surface area contributed by atoms with Crippen molar-refractivity contribution >= 4 is 34.3 Å². The smallest absolute Gasteiger partial charge is 0.343 e. The molecule has 0 fully saturated rings. The lowest BCUT2D eigenvalue weighted by Crippen LogP contribution is -2.09. The number of fused-ring (bicyclic) bond motifs is 1. The van der Waals surface area contributed by atoms with Crippen LogP contribution in [-0.2, 0) is 7.05 Å². The van der Waals surface area contributed by atoms with E-state index in [1.165, 1.54) is 12.1 Å². The van der Waals surface area contributed by atoms with E-state index in [1.54, 1.807) is 24.5 Å². The highest BCUT2D eigenvalue weighted by Crippen LogP contribution is 2.26. The third kappa shape index (κ3) is 2.86. The van der Waals surface area contributed by atoms with Crippen molar-refractivity contribution < 1.29 is 14.5 Å². The van der Waals surface area contributed by atoms with Gasteiger partial charge in [-0.3, -0.25) is 10.1 Å². The summed E-state index contributed by atoms with van der Waals surface area (Å²) in [6.45, 7) is 0. The maximum absolute atomic E-state index is 12.1. The Morgan fingerprint density at radius 1 is 1.30 bits per heavy atom. The molecule has 0 amide bonds. The summed E-state index contributed by atoms with van der Waals surface area (Å²) in [5.74, 6) is -0.404. The van der Waals surface area contributed by atoms with Gasteiger partial charge in [0.15, 0.2) is 0 Å². The number of benzene rings is 2. The lowest BCUT2D eigenvalue weighted by Gasteiger charge is -2.05. The third-order valence-corrected chi connectivity index (χ3v) is 3.61. The predicted octanol–water partition coefficient (Wildman–Crippen LogP) is 3.35. The van der Waals surface area contributed by atoms with Gasteiger partial charge in [0.2, 0.25) is 0 Å². The Bertz CT molecular complexity index is 936. The van der Waals surface area contributed by atoms with Crippen LogP contribution in [0, 0.1) is 10.1 Å². The molecule has 0 aliphatic carbocycles. The van der Waals surface area contributed by atoms with E-state index in [9.17, 15) is 14.9 Å². The predicted molar refractivity (Wildman–Crippen MR) is 83.8 cm³/mol. The van der Waals surface area contributed by atoms with Crippen LogP contribution in [0.15, 0.2) is 42.7 Å². The van der Waals surface area contributed by atoms with Gasteiger partial charge in [-0.1, -0.05) is 11.6 Å². The Hall–Kier alpha value is -2.93. The summed E-state index contributed by atoms with van der Waals surface area (Å²) >= 11 is 5.72. The summed E-state index contributed by atoms with van der Waals surface area (Å²) in [6.07, 6.45) is 1.65. The van der Waals surface area contributed by atoms with Crippen LogP contribution in [0.2, 0.25) is 5.02 Å². The summed E-state index contributed by atoms with van der Waals surface area (Å²) < 4.78 is 7.08. The summed E-state index contributed by atoms with van der Waals surface area (Å²) in [7, 11) is 1.86. The second kappa shape index (κ2) is 5.69. The summed E-state index contributed by atoms with van der Waals surface area (Å²) in [4.78, 5) is 26.5. The Morgan fingerprint density at radius 2 is 2.09 bits per heavy atom. The summed E-state index contributed by atoms with van der Waals surface area (Å²) in [6, 6.07) is 8.78. The number of rotatable bonds is 3. The van der Waals surface area contributed by atoms with Crippen LogP contribution in [0.1, 0.15) is 10.4 Å². The van der Waals surface area contributed by atoms with E-state index in [2.05, 4.69) is 4.98 Å². The van der Waals surface area contributed by atoms with Gasteiger partial charge in [-0.2, -0.15) is 0 Å². The van der Waals surface area contributed by atoms with Crippen molar-refractivity contribution in [1.82, 2.24) is 9.55 Å². The van der Waals surface area contributed by atoms with Crippen LogP contribution in [-0.4, -0.2) is 20.4 Å². The number of esters is 1. The molecule has 0 saturated heterocycles. The fourth-order valence-corrected chi connectivity index (χ4v) is 2.31. The minimum Gasteiger partial charge on any atom is -0.423 e. The van der Waals surface area contributed by atoms with E-state index < -0.39 is 10.9 Å². The zero-order valence-corrected chi connectivity index (χ0v) is 12.6. The van der Waals surface area contributed by atoms with Crippen molar-refractivity contribution in [2.45, 2.75) is 0 Å². The average Bonchev–Trinajstić information content (AvgIpc) is 2.88. The average molecular weight is 332 g/mol. The molecule has 0 spiro atoms. The van der Waals surface area contributed by atoms with Gasteiger partial charge in [0.05, 0.1) is 27.8 Å². The number of nitro groups is 1. The number of carbonyl (C=O) groups excluding carboxylic acids is 1. The molecule has 0 aliphatic rings. The molecular formula is C15H10ClN3O4. The van der Waals surface area contributed by atoms with Gasteiger partial charge in [0.1, 0.15) is 10.8 Å². The molecule has 2 aromatic carbocycles.